The summed E-state index contributed by atoms with van der Waals surface area (Å²) in [6, 6.07) is 0.459. The van der Waals surface area contributed by atoms with Crippen LogP contribution < -0.4 is 5.32 Å². The van der Waals surface area contributed by atoms with Crippen molar-refractivity contribution >= 4 is 17.2 Å². The maximum atomic E-state index is 3.94. The monoisotopic (exact) mass is 141 g/mol. The number of hydrogen-bond acceptors (Lipinski definition) is 3. The Morgan fingerprint density at radius 1 is 1.78 bits per heavy atom. The van der Waals surface area contributed by atoms with Gasteiger partial charge >= 0.3 is 0 Å². The molecule has 1 radical (unpaired) electrons. The second-order valence-corrected chi connectivity index (χ2v) is 2.78. The molecule has 0 aliphatic heterocycles. The highest BCUT2D eigenvalue weighted by molar-refractivity contribution is 7.07. The fourth-order valence-corrected chi connectivity index (χ4v) is 0.982. The molecule has 0 fully saturated rings. The van der Waals surface area contributed by atoms with Crippen molar-refractivity contribution in [2.75, 3.05) is 5.32 Å². The minimum atomic E-state index is 0.459. The van der Waals surface area contributed by atoms with Gasteiger partial charge in [-0.3, -0.25) is 0 Å². The van der Waals surface area contributed by atoms with Crippen molar-refractivity contribution < 1.29 is 0 Å². The lowest BCUT2D eigenvalue weighted by Crippen LogP contribution is -2.09. The molecule has 0 aliphatic carbocycles. The Kier molecular flexibility index (Phi) is 2.05. The first-order valence-corrected chi connectivity index (χ1v) is 3.75. The normalized spacial score (nSPS) is 10.1. The molecule has 0 aliphatic rings. The molecule has 0 atom stereocenters. The number of anilines is 1. The van der Waals surface area contributed by atoms with Crippen LogP contribution in [0.4, 0.5) is 5.82 Å². The molecule has 0 amide bonds. The summed E-state index contributed by atoms with van der Waals surface area (Å²) in [6.07, 6.45) is 0. The van der Waals surface area contributed by atoms with Crippen LogP contribution in [0.15, 0.2) is 5.38 Å². The van der Waals surface area contributed by atoms with Gasteiger partial charge in [-0.1, -0.05) is 0 Å². The lowest BCUT2D eigenvalue weighted by Gasteiger charge is -2.03. The van der Waals surface area contributed by atoms with Gasteiger partial charge in [-0.15, -0.1) is 11.3 Å². The molecule has 3 heteroatoms. The molecule has 0 bridgehead atoms. The third kappa shape index (κ3) is 2.01. The summed E-state index contributed by atoms with van der Waals surface area (Å²) in [7, 11) is 0. The molecule has 1 rings (SSSR count). The van der Waals surface area contributed by atoms with E-state index in [-0.39, 0.29) is 0 Å². The molecule has 1 aromatic rings. The maximum Gasteiger partial charge on any atom is 0.154 e. The van der Waals surface area contributed by atoms with Gasteiger partial charge in [0.2, 0.25) is 0 Å². The van der Waals surface area contributed by atoms with E-state index >= 15 is 0 Å². The average Bonchev–Trinajstić information content (AvgIpc) is 2.15. The molecule has 1 aromatic heterocycles. The molecule has 1 heterocycles. The zero-order valence-corrected chi connectivity index (χ0v) is 6.33. The average molecular weight is 141 g/mol. The highest BCUT2D eigenvalue weighted by Crippen LogP contribution is 2.06. The van der Waals surface area contributed by atoms with Crippen molar-refractivity contribution in [2.45, 2.75) is 19.9 Å². The Morgan fingerprint density at radius 3 is 3.00 bits per heavy atom. The van der Waals surface area contributed by atoms with Gasteiger partial charge < -0.3 is 5.32 Å². The molecule has 0 saturated heterocycles. The van der Waals surface area contributed by atoms with Crippen LogP contribution in [0, 0.1) is 5.51 Å². The lowest BCUT2D eigenvalue weighted by molar-refractivity contribution is 0.892. The third-order valence-corrected chi connectivity index (χ3v) is 1.36. The SMILES string of the molecule is CC(C)Nc1cs[c]n1. The summed E-state index contributed by atoms with van der Waals surface area (Å²) in [4.78, 5) is 3.94. The van der Waals surface area contributed by atoms with E-state index in [9.17, 15) is 0 Å². The summed E-state index contributed by atoms with van der Waals surface area (Å²) >= 11 is 1.48. The molecule has 2 nitrogen and oxygen atoms in total. The van der Waals surface area contributed by atoms with Crippen molar-refractivity contribution in [3.63, 3.8) is 0 Å². The largest absolute Gasteiger partial charge is 0.367 e. The van der Waals surface area contributed by atoms with Crippen molar-refractivity contribution in [2.24, 2.45) is 0 Å². The van der Waals surface area contributed by atoms with E-state index in [4.69, 9.17) is 0 Å². The van der Waals surface area contributed by atoms with E-state index in [1.165, 1.54) is 11.3 Å². The summed E-state index contributed by atoms with van der Waals surface area (Å²) in [5, 5.41) is 5.10. The Hall–Kier alpha value is -0.570. The maximum absolute atomic E-state index is 3.94. The van der Waals surface area contributed by atoms with Crippen LogP contribution in [0.1, 0.15) is 13.8 Å². The first kappa shape index (κ1) is 6.55. The fourth-order valence-electron chi connectivity index (χ4n) is 0.546. The number of aromatic nitrogens is 1. The Labute approximate surface area is 58.9 Å². The van der Waals surface area contributed by atoms with Crippen LogP contribution in [0.3, 0.4) is 0 Å². The van der Waals surface area contributed by atoms with Crippen LogP contribution >= 0.6 is 11.3 Å². The second kappa shape index (κ2) is 2.82. The van der Waals surface area contributed by atoms with Gasteiger partial charge in [0.1, 0.15) is 5.82 Å². The molecule has 0 unspecified atom stereocenters. The second-order valence-electron chi connectivity index (χ2n) is 2.12. The van der Waals surface area contributed by atoms with Crippen LogP contribution in [0.2, 0.25) is 0 Å². The van der Waals surface area contributed by atoms with E-state index in [0.717, 1.165) is 5.82 Å². The van der Waals surface area contributed by atoms with Gasteiger partial charge in [0.05, 0.1) is 0 Å². The Morgan fingerprint density at radius 2 is 2.56 bits per heavy atom. The molecule has 0 aromatic carbocycles. The van der Waals surface area contributed by atoms with Crippen LogP contribution in [0.25, 0.3) is 0 Å². The summed E-state index contributed by atoms with van der Waals surface area (Å²) < 4.78 is 0. The van der Waals surface area contributed by atoms with E-state index in [0.29, 0.717) is 6.04 Å². The minimum absolute atomic E-state index is 0.459. The first-order chi connectivity index (χ1) is 4.29. The minimum Gasteiger partial charge on any atom is -0.367 e. The number of nitrogens with one attached hydrogen (secondary N) is 1. The van der Waals surface area contributed by atoms with Crippen molar-refractivity contribution in [1.82, 2.24) is 4.98 Å². The predicted molar refractivity (Wildman–Crippen MR) is 39.7 cm³/mol. The fraction of sp³-hybridized carbons (Fsp3) is 0.500. The van der Waals surface area contributed by atoms with E-state index in [1.54, 1.807) is 0 Å². The lowest BCUT2D eigenvalue weighted by atomic mass is 10.4. The molecule has 49 valence electrons. The van der Waals surface area contributed by atoms with Crippen LogP contribution in [-0.4, -0.2) is 11.0 Å². The van der Waals surface area contributed by atoms with Crippen molar-refractivity contribution in [3.8, 4) is 0 Å². The molecule has 0 spiro atoms. The van der Waals surface area contributed by atoms with E-state index in [2.05, 4.69) is 29.7 Å². The smallest absolute Gasteiger partial charge is 0.154 e. The number of nitrogens with zero attached hydrogens (tertiary/aromatic N) is 1. The quantitative estimate of drug-likeness (QED) is 0.679. The number of hydrogen-bond donors (Lipinski definition) is 1. The highest BCUT2D eigenvalue weighted by atomic mass is 32.1. The van der Waals surface area contributed by atoms with Gasteiger partial charge in [-0.25, -0.2) is 4.98 Å². The molecule has 0 saturated carbocycles. The van der Waals surface area contributed by atoms with Gasteiger partial charge in [0, 0.05) is 11.4 Å². The summed E-state index contributed by atoms with van der Waals surface area (Å²) in [6.45, 7) is 4.17. The van der Waals surface area contributed by atoms with Crippen LogP contribution in [0.5, 0.6) is 0 Å². The summed E-state index contributed by atoms with van der Waals surface area (Å²) in [5.41, 5.74) is 2.76. The first-order valence-electron chi connectivity index (χ1n) is 2.87. The summed E-state index contributed by atoms with van der Waals surface area (Å²) in [5.74, 6) is 0.926. The predicted octanol–water partition coefficient (Wildman–Crippen LogP) is 1.76. The topological polar surface area (TPSA) is 24.9 Å². The van der Waals surface area contributed by atoms with E-state index < -0.39 is 0 Å². The van der Waals surface area contributed by atoms with Crippen molar-refractivity contribution in [3.05, 3.63) is 10.9 Å². The highest BCUT2D eigenvalue weighted by Gasteiger charge is 1.94. The third-order valence-electron chi connectivity index (χ3n) is 0.826. The molecule has 1 N–H and O–H groups in total. The zero-order valence-electron chi connectivity index (χ0n) is 5.51. The Balaban J connectivity index is 2.48. The van der Waals surface area contributed by atoms with Crippen molar-refractivity contribution in [1.29, 1.82) is 0 Å². The molecular formula is C6H9N2S. The standard InChI is InChI=1S/C6H9N2S/c1-5(2)8-6-3-9-4-7-6/h3,5,8H,1-2H3. The zero-order chi connectivity index (χ0) is 6.69. The number of rotatable bonds is 2. The van der Waals surface area contributed by atoms with Gasteiger partial charge in [0.25, 0.3) is 0 Å². The molecule has 9 heavy (non-hydrogen) atoms. The van der Waals surface area contributed by atoms with Gasteiger partial charge in [-0.05, 0) is 13.8 Å². The molecular weight excluding hydrogens is 132 g/mol. The van der Waals surface area contributed by atoms with Crippen LogP contribution in [-0.2, 0) is 0 Å². The van der Waals surface area contributed by atoms with Gasteiger partial charge in [-0.2, -0.15) is 0 Å². The number of thiazole rings is 1. The Bertz CT molecular complexity index is 158. The van der Waals surface area contributed by atoms with Gasteiger partial charge in [0.15, 0.2) is 5.51 Å². The van der Waals surface area contributed by atoms with E-state index in [1.807, 2.05) is 5.38 Å².